The molecular formula is C17H30O2. The van der Waals surface area contributed by atoms with Crippen molar-refractivity contribution in [3.63, 3.8) is 0 Å². The second kappa shape index (κ2) is 9.33. The molecule has 1 rings (SSSR count). The number of hydrogen-bond acceptors (Lipinski definition) is 2. The van der Waals surface area contributed by atoms with Gasteiger partial charge < -0.3 is 9.47 Å². The number of rotatable bonds is 10. The van der Waals surface area contributed by atoms with Gasteiger partial charge in [0.05, 0.1) is 26.4 Å². The van der Waals surface area contributed by atoms with Crippen LogP contribution in [0.2, 0.25) is 0 Å². The van der Waals surface area contributed by atoms with E-state index in [1.165, 1.54) is 38.5 Å². The lowest BCUT2D eigenvalue weighted by molar-refractivity contribution is -0.0680. The lowest BCUT2D eigenvalue weighted by atomic mass is 9.65. The van der Waals surface area contributed by atoms with E-state index < -0.39 is 0 Å². The summed E-state index contributed by atoms with van der Waals surface area (Å²) < 4.78 is 11.6. The molecule has 2 nitrogen and oxygen atoms in total. The first-order chi connectivity index (χ1) is 9.29. The Morgan fingerprint density at radius 1 is 1.11 bits per heavy atom. The average molecular weight is 266 g/mol. The highest BCUT2D eigenvalue weighted by Crippen LogP contribution is 2.44. The van der Waals surface area contributed by atoms with Crippen molar-refractivity contribution < 1.29 is 9.47 Å². The molecule has 0 radical (unpaired) electrons. The Bertz CT molecular complexity index is 244. The molecule has 110 valence electrons. The van der Waals surface area contributed by atoms with E-state index in [0.717, 1.165) is 19.1 Å². The van der Waals surface area contributed by atoms with Gasteiger partial charge in [0.25, 0.3) is 0 Å². The van der Waals surface area contributed by atoms with Crippen LogP contribution in [-0.4, -0.2) is 26.4 Å². The smallest absolute Gasteiger partial charge is 0.0645 e. The normalized spacial score (nSPS) is 22.1. The summed E-state index contributed by atoms with van der Waals surface area (Å²) in [7, 11) is 0. The maximum Gasteiger partial charge on any atom is 0.0645 e. The lowest BCUT2D eigenvalue weighted by Gasteiger charge is -2.44. The zero-order valence-electron chi connectivity index (χ0n) is 12.5. The monoisotopic (exact) mass is 266 g/mol. The second-order valence-corrected chi connectivity index (χ2v) is 5.70. The maximum absolute atomic E-state index is 5.81. The molecular weight excluding hydrogens is 236 g/mol. The minimum absolute atomic E-state index is 0.209. The van der Waals surface area contributed by atoms with Gasteiger partial charge in [-0.1, -0.05) is 44.8 Å². The van der Waals surface area contributed by atoms with Crippen molar-refractivity contribution in [1.29, 1.82) is 0 Å². The zero-order valence-corrected chi connectivity index (χ0v) is 12.5. The van der Waals surface area contributed by atoms with E-state index in [2.05, 4.69) is 20.1 Å². The van der Waals surface area contributed by atoms with Crippen LogP contribution in [0.15, 0.2) is 25.3 Å². The molecule has 0 aromatic heterocycles. The Balaban J connectivity index is 2.66. The van der Waals surface area contributed by atoms with Crippen LogP contribution in [0.1, 0.15) is 45.4 Å². The molecule has 0 saturated heterocycles. The fourth-order valence-corrected chi connectivity index (χ4v) is 3.29. The maximum atomic E-state index is 5.81. The number of ether oxygens (including phenoxy) is 2. The Morgan fingerprint density at radius 2 is 1.74 bits per heavy atom. The van der Waals surface area contributed by atoms with E-state index in [-0.39, 0.29) is 5.41 Å². The van der Waals surface area contributed by atoms with Crippen molar-refractivity contribution in [3.8, 4) is 0 Å². The highest BCUT2D eigenvalue weighted by atomic mass is 16.5. The highest BCUT2D eigenvalue weighted by Gasteiger charge is 2.40. The van der Waals surface area contributed by atoms with Crippen LogP contribution >= 0.6 is 0 Å². The third kappa shape index (κ3) is 5.12. The third-order valence-corrected chi connectivity index (χ3v) is 4.23. The highest BCUT2D eigenvalue weighted by molar-refractivity contribution is 4.90. The SMILES string of the molecule is C=CCOCC1(COCC=C)CCCCC1CCC. The molecule has 1 aliphatic carbocycles. The van der Waals surface area contributed by atoms with Crippen LogP contribution in [0.5, 0.6) is 0 Å². The Morgan fingerprint density at radius 3 is 2.26 bits per heavy atom. The van der Waals surface area contributed by atoms with Gasteiger partial charge in [-0.05, 0) is 18.8 Å². The van der Waals surface area contributed by atoms with Gasteiger partial charge in [0.2, 0.25) is 0 Å². The summed E-state index contributed by atoms with van der Waals surface area (Å²) in [5, 5.41) is 0. The Labute approximate surface area is 118 Å². The fourth-order valence-electron chi connectivity index (χ4n) is 3.29. The van der Waals surface area contributed by atoms with E-state index >= 15 is 0 Å². The summed E-state index contributed by atoms with van der Waals surface area (Å²) in [6.07, 6.45) is 11.4. The summed E-state index contributed by atoms with van der Waals surface area (Å²) in [6.45, 7) is 12.6. The van der Waals surface area contributed by atoms with Crippen molar-refractivity contribution in [2.75, 3.05) is 26.4 Å². The van der Waals surface area contributed by atoms with Crippen molar-refractivity contribution in [2.45, 2.75) is 45.4 Å². The first-order valence-corrected chi connectivity index (χ1v) is 7.66. The van der Waals surface area contributed by atoms with Crippen molar-refractivity contribution in [1.82, 2.24) is 0 Å². The molecule has 1 fully saturated rings. The van der Waals surface area contributed by atoms with Gasteiger partial charge in [0.15, 0.2) is 0 Å². The molecule has 1 aliphatic rings. The molecule has 2 heteroatoms. The molecule has 1 saturated carbocycles. The molecule has 0 aromatic rings. The quantitative estimate of drug-likeness (QED) is 0.432. The van der Waals surface area contributed by atoms with Crippen LogP contribution < -0.4 is 0 Å². The fraction of sp³-hybridized carbons (Fsp3) is 0.765. The van der Waals surface area contributed by atoms with Crippen molar-refractivity contribution >= 4 is 0 Å². The molecule has 0 N–H and O–H groups in total. The van der Waals surface area contributed by atoms with Crippen LogP contribution in [0.4, 0.5) is 0 Å². The summed E-state index contributed by atoms with van der Waals surface area (Å²) >= 11 is 0. The lowest BCUT2D eigenvalue weighted by Crippen LogP contribution is -2.42. The molecule has 0 spiro atoms. The van der Waals surface area contributed by atoms with Gasteiger partial charge in [-0.3, -0.25) is 0 Å². The standard InChI is InChI=1S/C17H30O2/c1-4-9-16-10-7-8-11-17(16,14-18-12-5-2)15-19-13-6-3/h5-6,16H,2-4,7-15H2,1H3. The van der Waals surface area contributed by atoms with E-state index in [9.17, 15) is 0 Å². The van der Waals surface area contributed by atoms with Crippen LogP contribution in [0, 0.1) is 11.3 Å². The molecule has 0 amide bonds. The predicted molar refractivity (Wildman–Crippen MR) is 81.3 cm³/mol. The van der Waals surface area contributed by atoms with Gasteiger partial charge in [0.1, 0.15) is 0 Å². The molecule has 1 atom stereocenters. The van der Waals surface area contributed by atoms with Gasteiger partial charge >= 0.3 is 0 Å². The number of hydrogen-bond donors (Lipinski definition) is 0. The minimum atomic E-state index is 0.209. The first kappa shape index (κ1) is 16.5. The summed E-state index contributed by atoms with van der Waals surface area (Å²) in [5.41, 5.74) is 0.209. The van der Waals surface area contributed by atoms with E-state index in [1.54, 1.807) is 0 Å². The summed E-state index contributed by atoms with van der Waals surface area (Å²) in [6, 6.07) is 0. The summed E-state index contributed by atoms with van der Waals surface area (Å²) in [4.78, 5) is 0. The molecule has 19 heavy (non-hydrogen) atoms. The van der Waals surface area contributed by atoms with Gasteiger partial charge in [-0.25, -0.2) is 0 Å². The topological polar surface area (TPSA) is 18.5 Å². The third-order valence-electron chi connectivity index (χ3n) is 4.23. The largest absolute Gasteiger partial charge is 0.377 e. The van der Waals surface area contributed by atoms with Gasteiger partial charge in [-0.2, -0.15) is 0 Å². The second-order valence-electron chi connectivity index (χ2n) is 5.70. The van der Waals surface area contributed by atoms with Crippen molar-refractivity contribution in [2.24, 2.45) is 11.3 Å². The van der Waals surface area contributed by atoms with Gasteiger partial charge in [0, 0.05) is 5.41 Å². The van der Waals surface area contributed by atoms with Crippen LogP contribution in [0.25, 0.3) is 0 Å². The average Bonchev–Trinajstić information content (AvgIpc) is 2.42. The van der Waals surface area contributed by atoms with Crippen molar-refractivity contribution in [3.05, 3.63) is 25.3 Å². The zero-order chi connectivity index (χ0) is 14.0. The van der Waals surface area contributed by atoms with Gasteiger partial charge in [-0.15, -0.1) is 13.2 Å². The van der Waals surface area contributed by atoms with E-state index in [4.69, 9.17) is 9.47 Å². The predicted octanol–water partition coefficient (Wildman–Crippen LogP) is 4.37. The first-order valence-electron chi connectivity index (χ1n) is 7.66. The molecule has 0 aliphatic heterocycles. The Hall–Kier alpha value is -0.600. The van der Waals surface area contributed by atoms with Crippen LogP contribution in [0.3, 0.4) is 0 Å². The Kier molecular flexibility index (Phi) is 8.08. The molecule has 0 bridgehead atoms. The van der Waals surface area contributed by atoms with Crippen LogP contribution in [-0.2, 0) is 9.47 Å². The van der Waals surface area contributed by atoms with E-state index in [0.29, 0.717) is 13.2 Å². The summed E-state index contributed by atoms with van der Waals surface area (Å²) in [5.74, 6) is 0.737. The minimum Gasteiger partial charge on any atom is -0.377 e. The molecule has 0 aromatic carbocycles. The van der Waals surface area contributed by atoms with E-state index in [1.807, 2.05) is 12.2 Å². The molecule has 1 unspecified atom stereocenters. The molecule has 0 heterocycles.